The molecule has 32 heavy (non-hydrogen) atoms. The summed E-state index contributed by atoms with van der Waals surface area (Å²) in [5.74, 6) is 0.767. The summed E-state index contributed by atoms with van der Waals surface area (Å²) in [6.07, 6.45) is 5.15. The first-order chi connectivity index (χ1) is 15.5. The molecule has 1 aliphatic carbocycles. The van der Waals surface area contributed by atoms with Gasteiger partial charge in [0.15, 0.2) is 5.76 Å². The number of carbonyl (C=O) groups is 1. The predicted molar refractivity (Wildman–Crippen MR) is 119 cm³/mol. The molecule has 3 aromatic rings. The second-order valence-electron chi connectivity index (χ2n) is 9.27. The van der Waals surface area contributed by atoms with Crippen molar-refractivity contribution in [2.75, 3.05) is 13.1 Å². The lowest BCUT2D eigenvalue weighted by atomic mass is 9.78. The number of carbonyl (C=O) groups excluding carboxylic acids is 1. The summed E-state index contributed by atoms with van der Waals surface area (Å²) >= 11 is 0. The molecule has 1 aliphatic heterocycles. The average Bonchev–Trinajstić information content (AvgIpc) is 3.41. The van der Waals surface area contributed by atoms with Gasteiger partial charge < -0.3 is 14.9 Å². The van der Waals surface area contributed by atoms with Gasteiger partial charge in [-0.15, -0.1) is 0 Å². The number of nitrogens with zero attached hydrogens (tertiary/aromatic N) is 3. The van der Waals surface area contributed by atoms with Crippen molar-refractivity contribution in [3.05, 3.63) is 72.2 Å². The van der Waals surface area contributed by atoms with Crippen LogP contribution in [0.3, 0.4) is 0 Å². The zero-order chi connectivity index (χ0) is 22.2. The Hall–Kier alpha value is -3.03. The molecule has 7 nitrogen and oxygen atoms in total. The van der Waals surface area contributed by atoms with Gasteiger partial charge in [-0.1, -0.05) is 42.4 Å². The van der Waals surface area contributed by atoms with Crippen molar-refractivity contribution in [3.8, 4) is 11.3 Å². The van der Waals surface area contributed by atoms with E-state index in [-0.39, 0.29) is 11.3 Å². The summed E-state index contributed by atoms with van der Waals surface area (Å²) < 4.78 is 5.54. The van der Waals surface area contributed by atoms with Crippen LogP contribution in [0.5, 0.6) is 0 Å². The first-order valence-corrected chi connectivity index (χ1v) is 11.1. The van der Waals surface area contributed by atoms with Crippen LogP contribution < -0.4 is 5.32 Å². The van der Waals surface area contributed by atoms with Gasteiger partial charge in [-0.3, -0.25) is 14.7 Å². The summed E-state index contributed by atoms with van der Waals surface area (Å²) in [6, 6.07) is 15.6. The van der Waals surface area contributed by atoms with E-state index in [4.69, 9.17) is 4.52 Å². The van der Waals surface area contributed by atoms with Gasteiger partial charge in [0.2, 0.25) is 5.91 Å². The largest absolute Gasteiger partial charge is 0.389 e. The van der Waals surface area contributed by atoms with Gasteiger partial charge in [0.1, 0.15) is 5.69 Å². The van der Waals surface area contributed by atoms with E-state index in [9.17, 15) is 9.90 Å². The normalized spacial score (nSPS) is 24.8. The van der Waals surface area contributed by atoms with Crippen LogP contribution in [0, 0.1) is 5.41 Å². The fourth-order valence-electron chi connectivity index (χ4n) is 4.45. The standard InChI is InChI=1S/C25H28N4O3/c1-24(9-10-24)23(31)27-25(19-7-3-2-4-8-19)11-13-29(17-22(25)30)16-20-14-21(28-32-20)18-6-5-12-26-15-18/h2-8,12,14-15,22,30H,9-11,13,16-17H2,1H3,(H,27,31)/t22-,25+/m1/s1. The molecule has 0 unspecified atom stereocenters. The monoisotopic (exact) mass is 432 g/mol. The number of piperidine rings is 1. The summed E-state index contributed by atoms with van der Waals surface area (Å²) in [7, 11) is 0. The number of aliphatic hydroxyl groups is 1. The van der Waals surface area contributed by atoms with Gasteiger partial charge in [-0.2, -0.15) is 0 Å². The minimum Gasteiger partial charge on any atom is -0.389 e. The number of amides is 1. The van der Waals surface area contributed by atoms with E-state index in [0.717, 1.165) is 35.4 Å². The molecule has 1 amide bonds. The molecule has 5 rings (SSSR count). The van der Waals surface area contributed by atoms with Crippen molar-refractivity contribution in [1.82, 2.24) is 20.4 Å². The highest BCUT2D eigenvalue weighted by atomic mass is 16.5. The molecule has 2 N–H and O–H groups in total. The summed E-state index contributed by atoms with van der Waals surface area (Å²) in [4.78, 5) is 19.2. The minimum absolute atomic E-state index is 0.0326. The molecule has 0 radical (unpaired) electrons. The van der Waals surface area contributed by atoms with Crippen molar-refractivity contribution in [2.45, 2.75) is 44.4 Å². The van der Waals surface area contributed by atoms with E-state index in [0.29, 0.717) is 26.1 Å². The van der Waals surface area contributed by atoms with Gasteiger partial charge in [0.05, 0.1) is 18.2 Å². The molecule has 2 fully saturated rings. The summed E-state index contributed by atoms with van der Waals surface area (Å²) in [6.45, 7) is 3.67. The van der Waals surface area contributed by atoms with Crippen molar-refractivity contribution in [3.63, 3.8) is 0 Å². The van der Waals surface area contributed by atoms with Crippen molar-refractivity contribution >= 4 is 5.91 Å². The summed E-state index contributed by atoms with van der Waals surface area (Å²) in [5.41, 5.74) is 1.50. The number of hydrogen-bond acceptors (Lipinski definition) is 6. The molecule has 1 saturated carbocycles. The molecular weight excluding hydrogens is 404 g/mol. The fraction of sp³-hybridized carbons (Fsp3) is 0.400. The first kappa shape index (κ1) is 20.8. The van der Waals surface area contributed by atoms with E-state index in [1.54, 1.807) is 12.4 Å². The Balaban J connectivity index is 1.32. The number of benzene rings is 1. The zero-order valence-corrected chi connectivity index (χ0v) is 18.2. The maximum absolute atomic E-state index is 13.0. The van der Waals surface area contributed by atoms with Gasteiger partial charge in [0, 0.05) is 42.5 Å². The second-order valence-corrected chi connectivity index (χ2v) is 9.27. The Morgan fingerprint density at radius 1 is 1.22 bits per heavy atom. The quantitative estimate of drug-likeness (QED) is 0.622. The number of nitrogens with one attached hydrogen (secondary N) is 1. The Bertz CT molecular complexity index is 1080. The van der Waals surface area contributed by atoms with E-state index < -0.39 is 11.6 Å². The van der Waals surface area contributed by atoms with Crippen LogP contribution in [-0.2, 0) is 16.9 Å². The van der Waals surface area contributed by atoms with Crippen LogP contribution in [0.2, 0.25) is 0 Å². The maximum atomic E-state index is 13.0. The van der Waals surface area contributed by atoms with Crippen LogP contribution >= 0.6 is 0 Å². The zero-order valence-electron chi connectivity index (χ0n) is 18.2. The number of hydrogen-bond donors (Lipinski definition) is 2. The molecule has 7 heteroatoms. The van der Waals surface area contributed by atoms with Crippen LogP contribution in [0.1, 0.15) is 37.5 Å². The lowest BCUT2D eigenvalue weighted by Crippen LogP contribution is -2.62. The third-order valence-electron chi connectivity index (χ3n) is 6.89. The fourth-order valence-corrected chi connectivity index (χ4v) is 4.45. The third-order valence-corrected chi connectivity index (χ3v) is 6.89. The van der Waals surface area contributed by atoms with E-state index in [2.05, 4.69) is 20.4 Å². The SMILES string of the molecule is CC1(C(=O)N[C@]2(c3ccccc3)CCN(Cc3cc(-c4cccnc4)no3)C[C@H]2O)CC1. The highest BCUT2D eigenvalue weighted by Gasteiger charge is 2.51. The number of rotatable bonds is 6. The van der Waals surface area contributed by atoms with E-state index in [1.807, 2.05) is 55.5 Å². The Morgan fingerprint density at radius 2 is 2.03 bits per heavy atom. The highest BCUT2D eigenvalue weighted by molar-refractivity contribution is 5.85. The molecule has 2 aliphatic rings. The summed E-state index contributed by atoms with van der Waals surface area (Å²) in [5, 5.41) is 18.7. The van der Waals surface area contributed by atoms with Gasteiger partial charge >= 0.3 is 0 Å². The van der Waals surface area contributed by atoms with Crippen LogP contribution in [0.15, 0.2) is 65.4 Å². The molecule has 0 spiro atoms. The van der Waals surface area contributed by atoms with Crippen LogP contribution in [0.25, 0.3) is 11.3 Å². The minimum atomic E-state index is -0.789. The molecule has 3 heterocycles. The molecule has 1 aromatic carbocycles. The van der Waals surface area contributed by atoms with Crippen molar-refractivity contribution in [1.29, 1.82) is 0 Å². The Kier molecular flexibility index (Phi) is 5.31. The van der Waals surface area contributed by atoms with E-state index in [1.165, 1.54) is 0 Å². The molecule has 2 aromatic heterocycles. The van der Waals surface area contributed by atoms with E-state index >= 15 is 0 Å². The molecule has 0 bridgehead atoms. The number of likely N-dealkylation sites (tertiary alicyclic amines) is 1. The molecule has 166 valence electrons. The van der Waals surface area contributed by atoms with Crippen molar-refractivity contribution < 1.29 is 14.4 Å². The maximum Gasteiger partial charge on any atom is 0.226 e. The molecule has 2 atom stereocenters. The number of aromatic nitrogens is 2. The number of pyridine rings is 1. The van der Waals surface area contributed by atoms with Gasteiger partial charge in [0.25, 0.3) is 0 Å². The molecular formula is C25H28N4O3. The Labute approximate surface area is 187 Å². The second kappa shape index (κ2) is 8.15. The highest BCUT2D eigenvalue weighted by Crippen LogP contribution is 2.46. The lowest BCUT2D eigenvalue weighted by Gasteiger charge is -2.46. The van der Waals surface area contributed by atoms with Gasteiger partial charge in [-0.25, -0.2) is 0 Å². The molecule has 1 saturated heterocycles. The number of β-amino-alcohol motifs (C(OH)–C–C–N with tert-alkyl or cyclic N) is 1. The van der Waals surface area contributed by atoms with Gasteiger partial charge in [-0.05, 0) is 37.0 Å². The third kappa shape index (κ3) is 3.94. The first-order valence-electron chi connectivity index (χ1n) is 11.1. The predicted octanol–water partition coefficient (Wildman–Crippen LogP) is 3.12. The topological polar surface area (TPSA) is 91.5 Å². The number of aliphatic hydroxyl groups excluding tert-OH is 1. The smallest absolute Gasteiger partial charge is 0.226 e. The van der Waals surface area contributed by atoms with Crippen LogP contribution in [-0.4, -0.2) is 45.2 Å². The average molecular weight is 433 g/mol. The van der Waals surface area contributed by atoms with Crippen molar-refractivity contribution in [2.24, 2.45) is 5.41 Å². The Morgan fingerprint density at radius 3 is 2.72 bits per heavy atom. The van der Waals surface area contributed by atoms with Crippen LogP contribution in [0.4, 0.5) is 0 Å². The lowest BCUT2D eigenvalue weighted by molar-refractivity contribution is -0.132.